The molecule has 156 valence electrons. The first-order valence-electron chi connectivity index (χ1n) is 10.5. The summed E-state index contributed by atoms with van der Waals surface area (Å²) < 4.78 is 9.94. The number of ether oxygens (including phenoxy) is 2. The van der Waals surface area contributed by atoms with Crippen molar-refractivity contribution in [2.75, 3.05) is 6.61 Å². The first kappa shape index (κ1) is 25.4. The highest BCUT2D eigenvalue weighted by Gasteiger charge is 2.22. The fourth-order valence-electron chi connectivity index (χ4n) is 2.75. The number of unbranched alkanes of at least 4 members (excludes halogenated alkanes) is 4. The normalized spacial score (nSPS) is 16.3. The third-order valence-electron chi connectivity index (χ3n) is 4.41. The lowest BCUT2D eigenvalue weighted by Gasteiger charge is -2.07. The number of hydrogen-bond donors (Lipinski definition) is 0. The predicted molar refractivity (Wildman–Crippen MR) is 112 cm³/mol. The van der Waals surface area contributed by atoms with Crippen LogP contribution in [0.1, 0.15) is 98.8 Å². The van der Waals surface area contributed by atoms with E-state index in [0.717, 1.165) is 25.7 Å². The molecule has 0 radical (unpaired) electrons. The van der Waals surface area contributed by atoms with Gasteiger partial charge in [0.2, 0.25) is 0 Å². The molecule has 27 heavy (non-hydrogen) atoms. The Bertz CT molecular complexity index is 473. The van der Waals surface area contributed by atoms with Crippen LogP contribution in [0, 0.1) is 0 Å². The summed E-state index contributed by atoms with van der Waals surface area (Å²) >= 11 is 0. The summed E-state index contributed by atoms with van der Waals surface area (Å²) in [5, 5.41) is 0. The third kappa shape index (κ3) is 17.6. The summed E-state index contributed by atoms with van der Waals surface area (Å²) in [4.78, 5) is 21.2. The van der Waals surface area contributed by atoms with Crippen molar-refractivity contribution in [1.82, 2.24) is 0 Å². The van der Waals surface area contributed by atoms with E-state index in [2.05, 4.69) is 33.8 Å². The lowest BCUT2D eigenvalue weighted by atomic mass is 10.1. The summed E-state index contributed by atoms with van der Waals surface area (Å²) in [6, 6.07) is 0. The first-order valence-corrected chi connectivity index (χ1v) is 10.5. The summed E-state index contributed by atoms with van der Waals surface area (Å²) in [6.45, 7) is 10.3. The van der Waals surface area contributed by atoms with Crippen LogP contribution in [-0.2, 0) is 19.1 Å². The molecule has 1 fully saturated rings. The van der Waals surface area contributed by atoms with E-state index in [1.807, 2.05) is 6.08 Å². The monoisotopic (exact) mass is 380 g/mol. The maximum absolute atomic E-state index is 10.8. The second kappa shape index (κ2) is 16.6. The van der Waals surface area contributed by atoms with E-state index in [1.165, 1.54) is 50.2 Å². The van der Waals surface area contributed by atoms with Crippen molar-refractivity contribution >= 4 is 11.9 Å². The Balaban J connectivity index is 0.000000501. The Morgan fingerprint density at radius 1 is 1.11 bits per heavy atom. The van der Waals surface area contributed by atoms with E-state index in [-0.39, 0.29) is 18.0 Å². The molecule has 0 aliphatic carbocycles. The topological polar surface area (TPSA) is 52.6 Å². The maximum atomic E-state index is 10.8. The molecule has 0 bridgehead atoms. The smallest absolute Gasteiger partial charge is 0.306 e. The van der Waals surface area contributed by atoms with Gasteiger partial charge in [0.25, 0.3) is 0 Å². The number of hydrogen-bond acceptors (Lipinski definition) is 4. The lowest BCUT2D eigenvalue weighted by Crippen LogP contribution is -2.06. The molecule has 1 heterocycles. The first-order chi connectivity index (χ1) is 12.8. The van der Waals surface area contributed by atoms with Crippen molar-refractivity contribution in [3.63, 3.8) is 0 Å². The van der Waals surface area contributed by atoms with Gasteiger partial charge in [-0.2, -0.15) is 0 Å². The molecule has 1 aliphatic heterocycles. The van der Waals surface area contributed by atoms with Crippen LogP contribution in [0.2, 0.25) is 0 Å². The number of allylic oxidation sites excluding steroid dienone is 3. The lowest BCUT2D eigenvalue weighted by molar-refractivity contribution is -0.142. The van der Waals surface area contributed by atoms with Gasteiger partial charge in [0.1, 0.15) is 12.7 Å². The van der Waals surface area contributed by atoms with E-state index in [0.29, 0.717) is 13.0 Å². The van der Waals surface area contributed by atoms with E-state index in [9.17, 15) is 9.59 Å². The zero-order valence-corrected chi connectivity index (χ0v) is 18.1. The molecule has 0 saturated carbocycles. The Morgan fingerprint density at radius 2 is 1.81 bits per heavy atom. The Kier molecular flexibility index (Phi) is 15.6. The highest BCUT2D eigenvalue weighted by molar-refractivity contribution is 5.71. The quantitative estimate of drug-likeness (QED) is 0.240. The van der Waals surface area contributed by atoms with E-state index in [4.69, 9.17) is 9.47 Å². The SMILES string of the molecule is CC(=O)OC/C=C(\C)CCC=C(C)C.CCCCCCCC1CCC(=O)O1. The molecule has 1 atom stereocenters. The Hall–Kier alpha value is -1.58. The maximum Gasteiger partial charge on any atom is 0.306 e. The van der Waals surface area contributed by atoms with Gasteiger partial charge in [0.15, 0.2) is 0 Å². The van der Waals surface area contributed by atoms with Crippen molar-refractivity contribution in [1.29, 1.82) is 0 Å². The van der Waals surface area contributed by atoms with Gasteiger partial charge in [-0.3, -0.25) is 9.59 Å². The molecule has 1 rings (SSSR count). The van der Waals surface area contributed by atoms with E-state index >= 15 is 0 Å². The molecule has 1 unspecified atom stereocenters. The average molecular weight is 381 g/mol. The molecule has 0 amide bonds. The van der Waals surface area contributed by atoms with Crippen molar-refractivity contribution < 1.29 is 19.1 Å². The average Bonchev–Trinajstić information content (AvgIpc) is 3.00. The van der Waals surface area contributed by atoms with Crippen LogP contribution < -0.4 is 0 Å². The number of rotatable bonds is 11. The van der Waals surface area contributed by atoms with Gasteiger partial charge in [-0.25, -0.2) is 0 Å². The minimum Gasteiger partial charge on any atom is -0.462 e. The minimum absolute atomic E-state index is 0.00134. The van der Waals surface area contributed by atoms with Gasteiger partial charge in [-0.15, -0.1) is 0 Å². The standard InChI is InChI=1S/C12H20O2.C11H20O2/c1-10(2)6-5-7-11(3)8-9-14-12(4)13;1-2-3-4-5-6-7-10-8-9-11(12)13-10/h6,8H,5,7,9H2,1-4H3;10H,2-9H2,1H3/b11-8+;. The summed E-state index contributed by atoms with van der Waals surface area (Å²) in [7, 11) is 0. The zero-order valence-electron chi connectivity index (χ0n) is 18.1. The molecule has 0 aromatic carbocycles. The second-order valence-electron chi connectivity index (χ2n) is 7.53. The molecule has 0 spiro atoms. The van der Waals surface area contributed by atoms with E-state index < -0.39 is 0 Å². The third-order valence-corrected chi connectivity index (χ3v) is 4.41. The highest BCUT2D eigenvalue weighted by Crippen LogP contribution is 2.19. The van der Waals surface area contributed by atoms with Crippen LogP contribution in [0.4, 0.5) is 0 Å². The molecule has 0 N–H and O–H groups in total. The van der Waals surface area contributed by atoms with Crippen molar-refractivity contribution in [3.8, 4) is 0 Å². The van der Waals surface area contributed by atoms with Crippen LogP contribution >= 0.6 is 0 Å². The van der Waals surface area contributed by atoms with Crippen molar-refractivity contribution in [3.05, 3.63) is 23.3 Å². The molecule has 1 aliphatic rings. The van der Waals surface area contributed by atoms with Crippen LogP contribution in [0.15, 0.2) is 23.3 Å². The van der Waals surface area contributed by atoms with Crippen LogP contribution in [0.3, 0.4) is 0 Å². The van der Waals surface area contributed by atoms with Crippen molar-refractivity contribution in [2.24, 2.45) is 0 Å². The fraction of sp³-hybridized carbons (Fsp3) is 0.739. The van der Waals surface area contributed by atoms with Gasteiger partial charge < -0.3 is 9.47 Å². The molecular weight excluding hydrogens is 340 g/mol. The molecule has 1 saturated heterocycles. The second-order valence-corrected chi connectivity index (χ2v) is 7.53. The van der Waals surface area contributed by atoms with E-state index in [1.54, 1.807) is 0 Å². The number of carbonyl (C=O) groups excluding carboxylic acids is 2. The molecule has 4 nitrogen and oxygen atoms in total. The summed E-state index contributed by atoms with van der Waals surface area (Å²) in [6.07, 6.45) is 15.6. The van der Waals surface area contributed by atoms with Gasteiger partial charge in [0.05, 0.1) is 0 Å². The Labute approximate surface area is 166 Å². The molecule has 4 heteroatoms. The largest absolute Gasteiger partial charge is 0.462 e. The highest BCUT2D eigenvalue weighted by atomic mass is 16.5. The molecule has 0 aromatic heterocycles. The zero-order chi connectivity index (χ0) is 20.5. The molecule has 0 aromatic rings. The number of esters is 2. The van der Waals surface area contributed by atoms with Crippen LogP contribution in [-0.4, -0.2) is 24.6 Å². The number of cyclic esters (lactones) is 1. The number of carbonyl (C=O) groups is 2. The summed E-state index contributed by atoms with van der Waals surface area (Å²) in [5.74, 6) is -0.225. The van der Waals surface area contributed by atoms with Crippen molar-refractivity contribution in [2.45, 2.75) is 105 Å². The van der Waals surface area contributed by atoms with Crippen LogP contribution in [0.25, 0.3) is 0 Å². The Morgan fingerprint density at radius 3 is 2.37 bits per heavy atom. The summed E-state index contributed by atoms with van der Waals surface area (Å²) in [5.41, 5.74) is 2.61. The molecular formula is C23H40O4. The predicted octanol–water partition coefficient (Wildman–Crippen LogP) is 6.29. The van der Waals surface area contributed by atoms with Gasteiger partial charge in [-0.1, -0.05) is 49.8 Å². The van der Waals surface area contributed by atoms with Gasteiger partial charge in [0, 0.05) is 13.3 Å². The van der Waals surface area contributed by atoms with Gasteiger partial charge >= 0.3 is 11.9 Å². The van der Waals surface area contributed by atoms with Gasteiger partial charge in [-0.05, 0) is 59.0 Å². The minimum atomic E-state index is -0.224. The fourth-order valence-corrected chi connectivity index (χ4v) is 2.75. The van der Waals surface area contributed by atoms with Crippen LogP contribution in [0.5, 0.6) is 0 Å².